The number of phenols is 1. The number of hydrogen-bond acceptors (Lipinski definition) is 7. The molecule has 0 spiro atoms. The summed E-state index contributed by atoms with van der Waals surface area (Å²) in [6, 6.07) is 15.1. The lowest BCUT2D eigenvalue weighted by atomic mass is 10.1. The lowest BCUT2D eigenvalue weighted by molar-refractivity contribution is -0.129. The molecule has 10 heteroatoms. The molecule has 2 amide bonds. The van der Waals surface area contributed by atoms with Crippen LogP contribution in [0.25, 0.3) is 0 Å². The van der Waals surface area contributed by atoms with Gasteiger partial charge in [-0.25, -0.2) is 4.98 Å². The van der Waals surface area contributed by atoms with E-state index in [9.17, 15) is 14.7 Å². The number of aromatic nitrogens is 3. The van der Waals surface area contributed by atoms with Crippen molar-refractivity contribution in [2.24, 2.45) is 0 Å². The minimum atomic E-state index is -0.293. The first-order chi connectivity index (χ1) is 17.9. The quantitative estimate of drug-likeness (QED) is 0.329. The molecule has 0 saturated carbocycles. The average Bonchev–Trinajstić information content (AvgIpc) is 3.66. The molecule has 1 aliphatic heterocycles. The number of likely N-dealkylation sites (tertiary alicyclic amines) is 1. The number of phenolic OH excluding ortho intramolecular Hbond substituents is 1. The molecule has 3 N–H and O–H groups in total. The van der Waals surface area contributed by atoms with Crippen LogP contribution in [0.15, 0.2) is 60.9 Å². The highest BCUT2D eigenvalue weighted by molar-refractivity contribution is 7.17. The molecular formula is C27H28N6O3S. The predicted octanol–water partition coefficient (Wildman–Crippen LogP) is 4.67. The molecule has 9 nitrogen and oxygen atoms in total. The molecule has 0 aliphatic carbocycles. The van der Waals surface area contributed by atoms with Gasteiger partial charge in [0.05, 0.1) is 24.3 Å². The lowest BCUT2D eigenvalue weighted by Crippen LogP contribution is -2.30. The highest BCUT2D eigenvalue weighted by Gasteiger charge is 2.28. The van der Waals surface area contributed by atoms with Gasteiger partial charge >= 0.3 is 0 Å². The van der Waals surface area contributed by atoms with Gasteiger partial charge in [0.2, 0.25) is 5.91 Å². The first-order valence-electron chi connectivity index (χ1n) is 12.1. The summed E-state index contributed by atoms with van der Waals surface area (Å²) in [6.07, 6.45) is 4.66. The zero-order valence-corrected chi connectivity index (χ0v) is 21.5. The second kappa shape index (κ2) is 10.4. The van der Waals surface area contributed by atoms with E-state index in [1.165, 1.54) is 17.5 Å². The summed E-state index contributed by atoms with van der Waals surface area (Å²) in [5.74, 6) is 0.590. The summed E-state index contributed by atoms with van der Waals surface area (Å²) in [5.41, 5.74) is 3.10. The molecule has 5 rings (SSSR count). The number of carbonyl (C=O) groups is 2. The Morgan fingerprint density at radius 2 is 1.95 bits per heavy atom. The van der Waals surface area contributed by atoms with Crippen molar-refractivity contribution >= 4 is 39.8 Å². The van der Waals surface area contributed by atoms with Crippen molar-refractivity contribution in [1.29, 1.82) is 0 Å². The summed E-state index contributed by atoms with van der Waals surface area (Å²) < 4.78 is 1.88. The zero-order valence-electron chi connectivity index (χ0n) is 20.6. The summed E-state index contributed by atoms with van der Waals surface area (Å²) in [7, 11) is 0. The SMILES string of the molecule is Cc1ccc(O)c(C)c1NC(=O)c1cnc(Nc2ccn([C@@H]3CCN(C(=O)Cc4ccccc4)C3)n2)s1. The van der Waals surface area contributed by atoms with Crippen LogP contribution in [0.4, 0.5) is 16.6 Å². The third kappa shape index (κ3) is 5.49. The van der Waals surface area contributed by atoms with Crippen LogP contribution in [0.1, 0.15) is 38.8 Å². The summed E-state index contributed by atoms with van der Waals surface area (Å²) in [4.78, 5) is 32.1. The molecule has 37 heavy (non-hydrogen) atoms. The first-order valence-corrected chi connectivity index (χ1v) is 12.9. The number of aryl methyl sites for hydroxylation is 1. The number of carbonyl (C=O) groups excluding carboxylic acids is 2. The van der Waals surface area contributed by atoms with E-state index in [0.29, 0.717) is 46.6 Å². The normalized spacial score (nSPS) is 15.1. The maximum absolute atomic E-state index is 12.8. The Morgan fingerprint density at radius 3 is 2.76 bits per heavy atom. The summed E-state index contributed by atoms with van der Waals surface area (Å²) >= 11 is 1.22. The topological polar surface area (TPSA) is 112 Å². The van der Waals surface area contributed by atoms with Gasteiger partial charge in [-0.3, -0.25) is 14.3 Å². The van der Waals surface area contributed by atoms with Crippen LogP contribution in [0.5, 0.6) is 5.75 Å². The van der Waals surface area contributed by atoms with E-state index < -0.39 is 0 Å². The van der Waals surface area contributed by atoms with Crippen LogP contribution in [0.2, 0.25) is 0 Å². The smallest absolute Gasteiger partial charge is 0.267 e. The second-order valence-electron chi connectivity index (χ2n) is 9.14. The van der Waals surface area contributed by atoms with Crippen molar-refractivity contribution in [3.8, 4) is 5.75 Å². The fourth-order valence-corrected chi connectivity index (χ4v) is 5.14. The molecule has 190 valence electrons. The van der Waals surface area contributed by atoms with Crippen molar-refractivity contribution in [2.75, 3.05) is 23.7 Å². The maximum Gasteiger partial charge on any atom is 0.267 e. The van der Waals surface area contributed by atoms with E-state index in [2.05, 4.69) is 20.7 Å². The van der Waals surface area contributed by atoms with E-state index in [0.717, 1.165) is 17.5 Å². The molecule has 0 radical (unpaired) electrons. The molecule has 1 saturated heterocycles. The number of nitrogens with zero attached hydrogens (tertiary/aromatic N) is 4. The summed E-state index contributed by atoms with van der Waals surface area (Å²) in [6.45, 7) is 4.97. The molecule has 1 fully saturated rings. The standard InChI is InChI=1S/C27H28N6O3S/c1-17-8-9-21(34)18(2)25(17)30-26(36)22-15-28-27(37-22)29-23-11-13-33(31-23)20-10-12-32(16-20)24(35)14-19-6-4-3-5-7-19/h3-9,11,13,15,20,34H,10,12,14,16H2,1-2H3,(H,30,36)(H,28,29,31)/t20-/m1/s1. The number of hydrogen-bond donors (Lipinski definition) is 3. The van der Waals surface area contributed by atoms with Gasteiger partial charge in [0.1, 0.15) is 10.6 Å². The number of rotatable bonds is 7. The molecule has 2 aromatic carbocycles. The molecular weight excluding hydrogens is 488 g/mol. The second-order valence-corrected chi connectivity index (χ2v) is 10.2. The molecule has 1 aliphatic rings. The minimum absolute atomic E-state index is 0.113. The van der Waals surface area contributed by atoms with E-state index >= 15 is 0 Å². The molecule has 0 bridgehead atoms. The van der Waals surface area contributed by atoms with E-state index in [-0.39, 0.29) is 23.6 Å². The number of nitrogens with one attached hydrogen (secondary N) is 2. The van der Waals surface area contributed by atoms with E-state index in [1.54, 1.807) is 19.1 Å². The van der Waals surface area contributed by atoms with Crippen molar-refractivity contribution in [1.82, 2.24) is 19.7 Å². The van der Waals surface area contributed by atoms with Gasteiger partial charge in [0.15, 0.2) is 10.9 Å². The number of thiazole rings is 1. The Hall–Kier alpha value is -4.18. The van der Waals surface area contributed by atoms with E-state index in [1.807, 2.05) is 59.1 Å². The number of anilines is 3. The molecule has 0 unspecified atom stereocenters. The molecule has 1 atom stereocenters. The van der Waals surface area contributed by atoms with Gasteiger partial charge in [-0.05, 0) is 37.5 Å². The Morgan fingerprint density at radius 1 is 1.14 bits per heavy atom. The van der Waals surface area contributed by atoms with Gasteiger partial charge in [0, 0.05) is 30.9 Å². The Kier molecular flexibility index (Phi) is 6.91. The monoisotopic (exact) mass is 516 g/mol. The number of amides is 2. The Labute approximate surface area is 218 Å². The van der Waals surface area contributed by atoms with Gasteiger partial charge in [0.25, 0.3) is 5.91 Å². The molecule has 2 aromatic heterocycles. The fraction of sp³-hybridized carbons (Fsp3) is 0.259. The van der Waals surface area contributed by atoms with Crippen molar-refractivity contribution in [3.05, 3.63) is 82.5 Å². The lowest BCUT2D eigenvalue weighted by Gasteiger charge is -2.16. The Balaban J connectivity index is 1.18. The number of benzene rings is 2. The van der Waals surface area contributed by atoms with Gasteiger partial charge < -0.3 is 20.6 Å². The van der Waals surface area contributed by atoms with Gasteiger partial charge in [-0.1, -0.05) is 47.7 Å². The van der Waals surface area contributed by atoms with Crippen molar-refractivity contribution in [3.63, 3.8) is 0 Å². The van der Waals surface area contributed by atoms with Gasteiger partial charge in [-0.2, -0.15) is 5.10 Å². The van der Waals surface area contributed by atoms with Crippen LogP contribution >= 0.6 is 11.3 Å². The van der Waals surface area contributed by atoms with Crippen LogP contribution < -0.4 is 10.6 Å². The predicted molar refractivity (Wildman–Crippen MR) is 144 cm³/mol. The average molecular weight is 517 g/mol. The van der Waals surface area contributed by atoms with Crippen LogP contribution in [-0.2, 0) is 11.2 Å². The highest BCUT2D eigenvalue weighted by Crippen LogP contribution is 2.30. The van der Waals surface area contributed by atoms with Crippen LogP contribution in [-0.4, -0.2) is 49.7 Å². The number of aromatic hydroxyl groups is 1. The first kappa shape index (κ1) is 24.5. The maximum atomic E-state index is 12.8. The molecule has 4 aromatic rings. The highest BCUT2D eigenvalue weighted by atomic mass is 32.1. The van der Waals surface area contributed by atoms with Crippen LogP contribution in [0.3, 0.4) is 0 Å². The Bertz CT molecular complexity index is 1430. The van der Waals surface area contributed by atoms with Crippen LogP contribution in [0, 0.1) is 13.8 Å². The third-order valence-corrected chi connectivity index (χ3v) is 7.46. The van der Waals surface area contributed by atoms with Crippen molar-refractivity contribution < 1.29 is 14.7 Å². The fourth-order valence-electron chi connectivity index (χ4n) is 4.42. The van der Waals surface area contributed by atoms with E-state index in [4.69, 9.17) is 0 Å². The summed E-state index contributed by atoms with van der Waals surface area (Å²) in [5, 5.41) is 21.2. The minimum Gasteiger partial charge on any atom is -0.508 e. The third-order valence-electron chi connectivity index (χ3n) is 6.54. The molecule has 3 heterocycles. The zero-order chi connectivity index (χ0) is 25.9. The largest absolute Gasteiger partial charge is 0.508 e. The van der Waals surface area contributed by atoms with Crippen molar-refractivity contribution in [2.45, 2.75) is 32.7 Å². The van der Waals surface area contributed by atoms with Gasteiger partial charge in [-0.15, -0.1) is 0 Å².